The molecule has 0 aliphatic heterocycles. The molecule has 38 heavy (non-hydrogen) atoms. The molecule has 0 saturated carbocycles. The number of ether oxygens (including phenoxy) is 6. The van der Waals surface area contributed by atoms with E-state index in [9.17, 15) is 19.2 Å². The summed E-state index contributed by atoms with van der Waals surface area (Å²) in [5.74, 6) is -1.32. The molecule has 11 nitrogen and oxygen atoms in total. The maximum absolute atomic E-state index is 12.4. The summed E-state index contributed by atoms with van der Waals surface area (Å²) in [4.78, 5) is 48.5. The van der Waals surface area contributed by atoms with E-state index in [1.165, 1.54) is 12.1 Å². The van der Waals surface area contributed by atoms with Crippen molar-refractivity contribution in [2.75, 3.05) is 6.61 Å². The van der Waals surface area contributed by atoms with Crippen LogP contribution in [0.15, 0.2) is 18.2 Å². The van der Waals surface area contributed by atoms with Gasteiger partial charge in [-0.3, -0.25) is 9.59 Å². The van der Waals surface area contributed by atoms with Gasteiger partial charge in [-0.2, -0.15) is 0 Å². The van der Waals surface area contributed by atoms with E-state index in [2.05, 4.69) is 0 Å². The largest absolute Gasteiger partial charge is 0.514 e. The van der Waals surface area contributed by atoms with Crippen LogP contribution in [0.5, 0.6) is 11.5 Å². The lowest BCUT2D eigenvalue weighted by Gasteiger charge is -2.24. The second-order valence-corrected chi connectivity index (χ2v) is 10.0. The topological polar surface area (TPSA) is 150 Å². The molecular weight excluding hydrogens is 498 g/mol. The molecule has 0 radical (unpaired) electrons. The van der Waals surface area contributed by atoms with Crippen LogP contribution >= 0.6 is 0 Å². The third-order valence-corrected chi connectivity index (χ3v) is 5.66. The molecule has 0 saturated heterocycles. The summed E-state index contributed by atoms with van der Waals surface area (Å²) in [6.45, 7) is 13.7. The SMILES string of the molecule is CCC(=O)O[C@@H](C)COC(=O)[C@@H](N)Cc1ccc(OC(=O)OC(C)(C)CC)c(OC(=O)OC(C)(C)CC)c1. The highest BCUT2D eigenvalue weighted by Crippen LogP contribution is 2.31. The van der Waals surface area contributed by atoms with E-state index < -0.39 is 47.6 Å². The first-order valence-electron chi connectivity index (χ1n) is 12.7. The highest BCUT2D eigenvalue weighted by Gasteiger charge is 2.26. The highest BCUT2D eigenvalue weighted by atomic mass is 16.8. The van der Waals surface area contributed by atoms with E-state index in [1.807, 2.05) is 13.8 Å². The maximum atomic E-state index is 12.4. The zero-order valence-corrected chi connectivity index (χ0v) is 23.6. The third kappa shape index (κ3) is 11.8. The van der Waals surface area contributed by atoms with Crippen molar-refractivity contribution in [1.29, 1.82) is 0 Å². The molecule has 11 heteroatoms. The normalized spacial score (nSPS) is 13.1. The molecule has 0 unspecified atom stereocenters. The predicted molar refractivity (Wildman–Crippen MR) is 138 cm³/mol. The number of hydrogen-bond acceptors (Lipinski definition) is 11. The van der Waals surface area contributed by atoms with E-state index in [4.69, 9.17) is 34.2 Å². The Labute approximate surface area is 224 Å². The van der Waals surface area contributed by atoms with Crippen molar-refractivity contribution >= 4 is 24.2 Å². The minimum absolute atomic E-state index is 0.0153. The average molecular weight is 540 g/mol. The highest BCUT2D eigenvalue weighted by molar-refractivity contribution is 5.76. The molecule has 2 N–H and O–H groups in total. The third-order valence-electron chi connectivity index (χ3n) is 5.66. The van der Waals surface area contributed by atoms with Gasteiger partial charge in [0.05, 0.1) is 0 Å². The van der Waals surface area contributed by atoms with Crippen molar-refractivity contribution in [3.05, 3.63) is 23.8 Å². The monoisotopic (exact) mass is 539 g/mol. The molecule has 214 valence electrons. The van der Waals surface area contributed by atoms with Gasteiger partial charge in [-0.1, -0.05) is 26.8 Å². The van der Waals surface area contributed by atoms with Crippen LogP contribution in [0.25, 0.3) is 0 Å². The molecule has 1 aromatic carbocycles. The average Bonchev–Trinajstić information content (AvgIpc) is 2.83. The van der Waals surface area contributed by atoms with Gasteiger partial charge < -0.3 is 34.2 Å². The number of rotatable bonds is 13. The number of esters is 2. The van der Waals surface area contributed by atoms with Crippen LogP contribution in [0.2, 0.25) is 0 Å². The van der Waals surface area contributed by atoms with Gasteiger partial charge in [0.1, 0.15) is 30.0 Å². The Hall–Kier alpha value is -3.34. The number of carbonyl (C=O) groups excluding carboxylic acids is 4. The maximum Gasteiger partial charge on any atom is 0.514 e. The van der Waals surface area contributed by atoms with Gasteiger partial charge in [-0.25, -0.2) is 9.59 Å². The van der Waals surface area contributed by atoms with Crippen molar-refractivity contribution < 1.29 is 47.6 Å². The fourth-order valence-corrected chi connectivity index (χ4v) is 2.65. The minimum atomic E-state index is -1.06. The second-order valence-electron chi connectivity index (χ2n) is 10.0. The fourth-order valence-electron chi connectivity index (χ4n) is 2.65. The molecule has 2 atom stereocenters. The second kappa shape index (κ2) is 14.6. The van der Waals surface area contributed by atoms with Gasteiger partial charge in [0.15, 0.2) is 11.5 Å². The smallest absolute Gasteiger partial charge is 0.461 e. The van der Waals surface area contributed by atoms with Crippen molar-refractivity contribution in [1.82, 2.24) is 0 Å². The molecule has 0 bridgehead atoms. The Morgan fingerprint density at radius 3 is 1.89 bits per heavy atom. The predicted octanol–water partition coefficient (Wildman–Crippen LogP) is 4.85. The lowest BCUT2D eigenvalue weighted by atomic mass is 10.1. The molecule has 0 fully saturated rings. The summed E-state index contributed by atoms with van der Waals surface area (Å²) >= 11 is 0. The van der Waals surface area contributed by atoms with Crippen molar-refractivity contribution in [2.24, 2.45) is 5.73 Å². The molecule has 0 aliphatic rings. The van der Waals surface area contributed by atoms with E-state index >= 15 is 0 Å². The number of carbonyl (C=O) groups is 4. The van der Waals surface area contributed by atoms with Crippen LogP contribution in [0.3, 0.4) is 0 Å². The first-order valence-corrected chi connectivity index (χ1v) is 12.7. The lowest BCUT2D eigenvalue weighted by Crippen LogP contribution is -2.36. The summed E-state index contributed by atoms with van der Waals surface area (Å²) in [6.07, 6.45) is -1.28. The molecular formula is C27H41NO10. The summed E-state index contributed by atoms with van der Waals surface area (Å²) < 4.78 is 31.5. The molecule has 1 rings (SSSR count). The van der Waals surface area contributed by atoms with Crippen LogP contribution in [-0.2, 0) is 35.0 Å². The van der Waals surface area contributed by atoms with Crippen LogP contribution in [0.4, 0.5) is 9.59 Å². The molecule has 1 aromatic rings. The van der Waals surface area contributed by atoms with Crippen LogP contribution in [0, 0.1) is 0 Å². The van der Waals surface area contributed by atoms with Gasteiger partial charge in [0.2, 0.25) is 0 Å². The zero-order valence-electron chi connectivity index (χ0n) is 23.6. The van der Waals surface area contributed by atoms with Gasteiger partial charge >= 0.3 is 24.2 Å². The molecule has 0 aromatic heterocycles. The Morgan fingerprint density at radius 1 is 0.868 bits per heavy atom. The fraction of sp³-hybridized carbons (Fsp3) is 0.630. The standard InChI is InChI=1S/C27H41NO10/c1-9-22(29)34-17(4)16-33-23(30)19(28)14-18-12-13-20(35-24(31)37-26(5,6)10-2)21(15-18)36-25(32)38-27(7,8)11-3/h12-13,15,17,19H,9-11,14,16,28H2,1-8H3/t17-,19-/m0/s1. The van der Waals surface area contributed by atoms with Crippen molar-refractivity contribution in [3.8, 4) is 11.5 Å². The van der Waals surface area contributed by atoms with Crippen LogP contribution < -0.4 is 15.2 Å². The molecule has 0 amide bonds. The van der Waals surface area contributed by atoms with Crippen LogP contribution in [0.1, 0.15) is 80.2 Å². The summed E-state index contributed by atoms with van der Waals surface area (Å²) in [5, 5.41) is 0. The van der Waals surface area contributed by atoms with E-state index in [1.54, 1.807) is 47.6 Å². The van der Waals surface area contributed by atoms with Gasteiger partial charge in [-0.05, 0) is 71.6 Å². The van der Waals surface area contributed by atoms with E-state index in [-0.39, 0.29) is 30.9 Å². The first-order chi connectivity index (χ1) is 17.6. The number of benzene rings is 1. The van der Waals surface area contributed by atoms with Gasteiger partial charge in [0, 0.05) is 6.42 Å². The number of nitrogens with two attached hydrogens (primary N) is 1. The molecule has 0 heterocycles. The van der Waals surface area contributed by atoms with Gasteiger partial charge in [-0.15, -0.1) is 0 Å². The molecule has 0 aliphatic carbocycles. The zero-order chi connectivity index (χ0) is 29.1. The first kappa shape index (κ1) is 32.7. The number of hydrogen-bond donors (Lipinski definition) is 1. The summed E-state index contributed by atoms with van der Waals surface area (Å²) in [5.41, 5.74) is 4.95. The summed E-state index contributed by atoms with van der Waals surface area (Å²) in [6, 6.07) is 3.30. The Kier molecular flexibility index (Phi) is 12.5. The van der Waals surface area contributed by atoms with Gasteiger partial charge in [0.25, 0.3) is 0 Å². The van der Waals surface area contributed by atoms with E-state index in [0.717, 1.165) is 0 Å². The Bertz CT molecular complexity index is 973. The van der Waals surface area contributed by atoms with Crippen molar-refractivity contribution in [2.45, 2.75) is 104 Å². The minimum Gasteiger partial charge on any atom is -0.461 e. The molecule has 0 spiro atoms. The van der Waals surface area contributed by atoms with E-state index in [0.29, 0.717) is 18.4 Å². The quantitative estimate of drug-likeness (QED) is 0.208. The summed E-state index contributed by atoms with van der Waals surface area (Å²) in [7, 11) is 0. The lowest BCUT2D eigenvalue weighted by molar-refractivity contribution is -0.158. The Morgan fingerprint density at radius 2 is 1.39 bits per heavy atom. The van der Waals surface area contributed by atoms with Crippen LogP contribution in [-0.4, -0.2) is 54.2 Å². The van der Waals surface area contributed by atoms with Crippen molar-refractivity contribution in [3.63, 3.8) is 0 Å². The Balaban J connectivity index is 3.02.